The van der Waals surface area contributed by atoms with E-state index in [1.807, 2.05) is 18.2 Å². The molecule has 0 radical (unpaired) electrons. The minimum Gasteiger partial charge on any atom is -0.496 e. The van der Waals surface area contributed by atoms with Crippen LogP contribution in [0.1, 0.15) is 17.2 Å². The fourth-order valence-corrected chi connectivity index (χ4v) is 3.07. The molecule has 0 saturated heterocycles. The van der Waals surface area contributed by atoms with Gasteiger partial charge >= 0.3 is 0 Å². The van der Waals surface area contributed by atoms with Crippen molar-refractivity contribution in [3.8, 4) is 5.75 Å². The Morgan fingerprint density at radius 2 is 1.84 bits per heavy atom. The quantitative estimate of drug-likeness (QED) is 0.781. The molecule has 0 amide bonds. The molecule has 0 aliphatic rings. The minimum atomic E-state index is -0.0953. The molecule has 2 N–H and O–H groups in total. The van der Waals surface area contributed by atoms with E-state index in [9.17, 15) is 0 Å². The van der Waals surface area contributed by atoms with Gasteiger partial charge < -0.3 is 10.5 Å². The number of benzene rings is 2. The Balaban J connectivity index is 2.20. The van der Waals surface area contributed by atoms with E-state index in [0.29, 0.717) is 0 Å². The van der Waals surface area contributed by atoms with Crippen LogP contribution in [0, 0.1) is 0 Å². The van der Waals surface area contributed by atoms with E-state index in [-0.39, 0.29) is 6.04 Å². The predicted molar refractivity (Wildman–Crippen MR) is 80.8 cm³/mol. The van der Waals surface area contributed by atoms with Gasteiger partial charge in [0.1, 0.15) is 5.75 Å². The SMILES string of the molecule is COc1ccc([C@H](N)c2ccsc2)c2ccccc12. The summed E-state index contributed by atoms with van der Waals surface area (Å²) in [5, 5.41) is 6.42. The van der Waals surface area contributed by atoms with Crippen molar-refractivity contribution in [3.05, 3.63) is 64.4 Å². The third kappa shape index (κ3) is 2.11. The van der Waals surface area contributed by atoms with Gasteiger partial charge in [-0.2, -0.15) is 11.3 Å². The Bertz CT molecular complexity index is 691. The number of nitrogens with two attached hydrogens (primary N) is 1. The molecule has 0 bridgehead atoms. The van der Waals surface area contributed by atoms with Crippen molar-refractivity contribution >= 4 is 22.1 Å². The first-order chi connectivity index (χ1) is 9.31. The van der Waals surface area contributed by atoms with Crippen molar-refractivity contribution in [1.29, 1.82) is 0 Å². The Labute approximate surface area is 116 Å². The van der Waals surface area contributed by atoms with E-state index in [4.69, 9.17) is 10.5 Å². The molecule has 0 unspecified atom stereocenters. The number of hydrogen-bond acceptors (Lipinski definition) is 3. The summed E-state index contributed by atoms with van der Waals surface area (Å²) in [6.45, 7) is 0. The van der Waals surface area contributed by atoms with Crippen molar-refractivity contribution in [3.63, 3.8) is 0 Å². The zero-order valence-corrected chi connectivity index (χ0v) is 11.5. The predicted octanol–water partition coefficient (Wildman–Crippen LogP) is 3.96. The lowest BCUT2D eigenvalue weighted by atomic mass is 9.95. The molecular weight excluding hydrogens is 254 g/mol. The van der Waals surface area contributed by atoms with Crippen LogP contribution in [0.15, 0.2) is 53.2 Å². The molecule has 19 heavy (non-hydrogen) atoms. The monoisotopic (exact) mass is 269 g/mol. The lowest BCUT2D eigenvalue weighted by Gasteiger charge is -2.15. The van der Waals surface area contributed by atoms with E-state index in [2.05, 4.69) is 35.0 Å². The maximum atomic E-state index is 6.38. The van der Waals surface area contributed by atoms with Crippen LogP contribution < -0.4 is 10.5 Å². The molecule has 0 saturated carbocycles. The van der Waals surface area contributed by atoms with Crippen LogP contribution in [0.5, 0.6) is 5.75 Å². The van der Waals surface area contributed by atoms with Crippen LogP contribution in [0.3, 0.4) is 0 Å². The lowest BCUT2D eigenvalue weighted by Crippen LogP contribution is -2.11. The number of rotatable bonds is 3. The average Bonchev–Trinajstić information content (AvgIpc) is 2.99. The van der Waals surface area contributed by atoms with Gasteiger partial charge in [0.25, 0.3) is 0 Å². The summed E-state index contributed by atoms with van der Waals surface area (Å²) in [5.41, 5.74) is 8.67. The molecule has 1 atom stereocenters. The zero-order chi connectivity index (χ0) is 13.2. The van der Waals surface area contributed by atoms with Gasteiger partial charge in [0.05, 0.1) is 13.2 Å². The van der Waals surface area contributed by atoms with Crippen LogP contribution in [0.4, 0.5) is 0 Å². The molecule has 3 rings (SSSR count). The first-order valence-electron chi connectivity index (χ1n) is 6.14. The fraction of sp³-hybridized carbons (Fsp3) is 0.125. The van der Waals surface area contributed by atoms with Crippen LogP contribution >= 0.6 is 11.3 Å². The van der Waals surface area contributed by atoms with E-state index in [1.54, 1.807) is 18.4 Å². The molecule has 0 aliphatic carbocycles. The fourth-order valence-electron chi connectivity index (χ4n) is 2.38. The lowest BCUT2D eigenvalue weighted by molar-refractivity contribution is 0.419. The number of hydrogen-bond donors (Lipinski definition) is 1. The average molecular weight is 269 g/mol. The second kappa shape index (κ2) is 5.03. The third-order valence-electron chi connectivity index (χ3n) is 3.38. The molecule has 2 aromatic carbocycles. The summed E-state index contributed by atoms with van der Waals surface area (Å²) in [4.78, 5) is 0. The van der Waals surface area contributed by atoms with Gasteiger partial charge in [-0.3, -0.25) is 0 Å². The molecule has 2 nitrogen and oxygen atoms in total. The minimum absolute atomic E-state index is 0.0953. The Kier molecular flexibility index (Phi) is 3.23. The van der Waals surface area contributed by atoms with Gasteiger partial charge in [-0.25, -0.2) is 0 Å². The normalized spacial score (nSPS) is 12.5. The summed E-state index contributed by atoms with van der Waals surface area (Å²) in [5.74, 6) is 0.886. The van der Waals surface area contributed by atoms with E-state index < -0.39 is 0 Å². The third-order valence-corrected chi connectivity index (χ3v) is 4.08. The molecule has 0 aliphatic heterocycles. The van der Waals surface area contributed by atoms with E-state index >= 15 is 0 Å². The van der Waals surface area contributed by atoms with Gasteiger partial charge in [0, 0.05) is 5.39 Å². The first kappa shape index (κ1) is 12.2. The largest absolute Gasteiger partial charge is 0.496 e. The van der Waals surface area contributed by atoms with Crippen LogP contribution in [0.25, 0.3) is 10.8 Å². The topological polar surface area (TPSA) is 35.2 Å². The molecule has 3 heteroatoms. The van der Waals surface area contributed by atoms with Gasteiger partial charge in [0.15, 0.2) is 0 Å². The van der Waals surface area contributed by atoms with Crippen molar-refractivity contribution in [2.45, 2.75) is 6.04 Å². The summed E-state index contributed by atoms with van der Waals surface area (Å²) >= 11 is 1.67. The van der Waals surface area contributed by atoms with Gasteiger partial charge in [-0.15, -0.1) is 0 Å². The van der Waals surface area contributed by atoms with Gasteiger partial charge in [-0.1, -0.05) is 30.3 Å². The first-order valence-corrected chi connectivity index (χ1v) is 7.09. The highest BCUT2D eigenvalue weighted by Gasteiger charge is 2.14. The maximum Gasteiger partial charge on any atom is 0.126 e. The molecule has 1 heterocycles. The highest BCUT2D eigenvalue weighted by molar-refractivity contribution is 7.08. The van der Waals surface area contributed by atoms with Crippen molar-refractivity contribution in [2.24, 2.45) is 5.73 Å². The summed E-state index contributed by atoms with van der Waals surface area (Å²) in [6, 6.07) is 14.2. The number of fused-ring (bicyclic) bond motifs is 1. The van der Waals surface area contributed by atoms with Crippen molar-refractivity contribution in [1.82, 2.24) is 0 Å². The Morgan fingerprint density at radius 3 is 2.53 bits per heavy atom. The second-order valence-corrected chi connectivity index (χ2v) is 5.22. The summed E-state index contributed by atoms with van der Waals surface area (Å²) in [7, 11) is 1.69. The molecular formula is C16H15NOS. The molecule has 96 valence electrons. The Hall–Kier alpha value is -1.84. The number of methoxy groups -OCH3 is 1. The number of ether oxygens (including phenoxy) is 1. The van der Waals surface area contributed by atoms with Gasteiger partial charge in [0.2, 0.25) is 0 Å². The smallest absolute Gasteiger partial charge is 0.126 e. The molecule has 0 spiro atoms. The molecule has 3 aromatic rings. The molecule has 0 fully saturated rings. The highest BCUT2D eigenvalue weighted by Crippen LogP contribution is 2.33. The van der Waals surface area contributed by atoms with Crippen LogP contribution in [-0.4, -0.2) is 7.11 Å². The van der Waals surface area contributed by atoms with Crippen molar-refractivity contribution in [2.75, 3.05) is 7.11 Å². The summed E-state index contributed by atoms with van der Waals surface area (Å²) < 4.78 is 5.41. The van der Waals surface area contributed by atoms with Gasteiger partial charge in [-0.05, 0) is 39.4 Å². The molecule has 1 aromatic heterocycles. The van der Waals surface area contributed by atoms with E-state index in [0.717, 1.165) is 27.6 Å². The standard InChI is InChI=1S/C16H15NOS/c1-18-15-7-6-14(12-4-2-3-5-13(12)15)16(17)11-8-9-19-10-11/h2-10,16H,17H2,1H3/t16-/m1/s1. The van der Waals surface area contributed by atoms with Crippen molar-refractivity contribution < 1.29 is 4.74 Å². The zero-order valence-electron chi connectivity index (χ0n) is 10.7. The van der Waals surface area contributed by atoms with Crippen LogP contribution in [0.2, 0.25) is 0 Å². The Morgan fingerprint density at radius 1 is 1.05 bits per heavy atom. The second-order valence-electron chi connectivity index (χ2n) is 4.44. The highest BCUT2D eigenvalue weighted by atomic mass is 32.1. The summed E-state index contributed by atoms with van der Waals surface area (Å²) in [6.07, 6.45) is 0. The maximum absolute atomic E-state index is 6.38. The van der Waals surface area contributed by atoms with Crippen LogP contribution in [-0.2, 0) is 0 Å². The number of thiophene rings is 1. The van der Waals surface area contributed by atoms with E-state index in [1.165, 1.54) is 0 Å².